The van der Waals surface area contributed by atoms with Gasteiger partial charge in [0.1, 0.15) is 18.6 Å². The maximum absolute atomic E-state index is 13.1. The zero-order valence-corrected chi connectivity index (χ0v) is 12.2. The quantitative estimate of drug-likeness (QED) is 0.805. The van der Waals surface area contributed by atoms with Crippen LogP contribution in [0.5, 0.6) is 11.5 Å². The van der Waals surface area contributed by atoms with Crippen LogP contribution in [0.25, 0.3) is 0 Å². The first-order chi connectivity index (χ1) is 9.09. The first-order valence-electron chi connectivity index (χ1n) is 5.95. The van der Waals surface area contributed by atoms with Gasteiger partial charge in [-0.2, -0.15) is 0 Å². The molecular weight excluding hydrogens is 259 g/mol. The van der Waals surface area contributed by atoms with Crippen LogP contribution < -0.4 is 20.1 Å². The summed E-state index contributed by atoms with van der Waals surface area (Å²) in [4.78, 5) is 0. The maximum Gasteiger partial charge on any atom is 0.144 e. The van der Waals surface area contributed by atoms with E-state index in [1.54, 1.807) is 39.1 Å². The lowest BCUT2D eigenvalue weighted by Crippen LogP contribution is -2.17. The Bertz CT molecular complexity index is 608. The summed E-state index contributed by atoms with van der Waals surface area (Å²) < 4.78 is 23.7. The second kappa shape index (κ2) is 5.50. The van der Waals surface area contributed by atoms with Crippen molar-refractivity contribution in [2.45, 2.75) is 0 Å². The van der Waals surface area contributed by atoms with E-state index in [1.807, 2.05) is 30.3 Å². The SMILES string of the molecule is COc1ccc(OC)c([P@](C)(=O)c2ccccc2)c1. The molecule has 0 radical (unpaired) electrons. The van der Waals surface area contributed by atoms with Gasteiger partial charge in [-0.15, -0.1) is 0 Å². The van der Waals surface area contributed by atoms with Crippen molar-refractivity contribution in [3.8, 4) is 11.5 Å². The third-order valence-corrected chi connectivity index (χ3v) is 5.65. The molecule has 2 rings (SSSR count). The van der Waals surface area contributed by atoms with E-state index in [2.05, 4.69) is 0 Å². The van der Waals surface area contributed by atoms with Crippen molar-refractivity contribution in [1.82, 2.24) is 0 Å². The average molecular weight is 276 g/mol. The molecule has 4 heteroatoms. The normalized spacial score (nSPS) is 13.6. The fourth-order valence-electron chi connectivity index (χ4n) is 1.98. The minimum atomic E-state index is -2.70. The standard InChI is InChI=1S/C15H17O3P/c1-17-12-9-10-14(18-2)15(11-12)19(3,16)13-7-5-4-6-8-13/h4-11H,1-3H3/t19-/m1/s1. The van der Waals surface area contributed by atoms with Crippen molar-refractivity contribution in [1.29, 1.82) is 0 Å². The lowest BCUT2D eigenvalue weighted by Gasteiger charge is -2.18. The molecule has 2 aromatic rings. The minimum Gasteiger partial charge on any atom is -0.497 e. The summed E-state index contributed by atoms with van der Waals surface area (Å²) in [6.07, 6.45) is 0. The lowest BCUT2D eigenvalue weighted by molar-refractivity contribution is 0.405. The van der Waals surface area contributed by atoms with Crippen molar-refractivity contribution in [2.24, 2.45) is 0 Å². The molecule has 0 spiro atoms. The fraction of sp³-hybridized carbons (Fsp3) is 0.200. The molecule has 0 saturated heterocycles. The third-order valence-electron chi connectivity index (χ3n) is 3.09. The van der Waals surface area contributed by atoms with Gasteiger partial charge in [-0.25, -0.2) is 0 Å². The van der Waals surface area contributed by atoms with Crippen LogP contribution in [0.3, 0.4) is 0 Å². The average Bonchev–Trinajstić information content (AvgIpc) is 2.47. The Morgan fingerprint density at radius 1 is 0.947 bits per heavy atom. The van der Waals surface area contributed by atoms with Crippen molar-refractivity contribution in [3.63, 3.8) is 0 Å². The number of methoxy groups -OCH3 is 2. The number of rotatable bonds is 4. The lowest BCUT2D eigenvalue weighted by atomic mass is 10.3. The van der Waals surface area contributed by atoms with Crippen LogP contribution in [0, 0.1) is 0 Å². The highest BCUT2D eigenvalue weighted by atomic mass is 31.2. The Morgan fingerprint density at radius 3 is 2.21 bits per heavy atom. The first-order valence-corrected chi connectivity index (χ1v) is 8.10. The van der Waals surface area contributed by atoms with Crippen molar-refractivity contribution in [3.05, 3.63) is 48.5 Å². The van der Waals surface area contributed by atoms with E-state index in [-0.39, 0.29) is 0 Å². The molecular formula is C15H17O3P. The summed E-state index contributed by atoms with van der Waals surface area (Å²) in [5, 5.41) is 1.49. The molecule has 0 unspecified atom stereocenters. The molecule has 1 atom stereocenters. The second-order valence-electron chi connectivity index (χ2n) is 4.30. The van der Waals surface area contributed by atoms with Gasteiger partial charge in [0.05, 0.1) is 19.5 Å². The Morgan fingerprint density at radius 2 is 1.63 bits per heavy atom. The topological polar surface area (TPSA) is 35.5 Å². The van der Waals surface area contributed by atoms with Crippen molar-refractivity contribution < 1.29 is 14.0 Å². The molecule has 19 heavy (non-hydrogen) atoms. The van der Waals surface area contributed by atoms with E-state index in [0.29, 0.717) is 16.8 Å². The highest BCUT2D eigenvalue weighted by Gasteiger charge is 2.25. The zero-order valence-electron chi connectivity index (χ0n) is 11.3. The molecule has 100 valence electrons. The van der Waals surface area contributed by atoms with E-state index in [0.717, 1.165) is 5.30 Å². The predicted molar refractivity (Wildman–Crippen MR) is 78.8 cm³/mol. The Kier molecular flexibility index (Phi) is 3.96. The molecule has 0 N–H and O–H groups in total. The summed E-state index contributed by atoms with van der Waals surface area (Å²) in [5.41, 5.74) is 0. The fourth-order valence-corrected chi connectivity index (χ4v) is 3.96. The second-order valence-corrected chi connectivity index (χ2v) is 7.14. The number of benzene rings is 2. The third kappa shape index (κ3) is 2.66. The van der Waals surface area contributed by atoms with Gasteiger partial charge in [0.15, 0.2) is 0 Å². The summed E-state index contributed by atoms with van der Waals surface area (Å²) >= 11 is 0. The molecule has 0 aliphatic heterocycles. The van der Waals surface area contributed by atoms with Gasteiger partial charge >= 0.3 is 0 Å². The molecule has 2 aromatic carbocycles. The van der Waals surface area contributed by atoms with Gasteiger partial charge in [-0.3, -0.25) is 0 Å². The maximum atomic E-state index is 13.1. The summed E-state index contributed by atoms with van der Waals surface area (Å²) in [6, 6.07) is 14.8. The Labute approximate surface area is 113 Å². The van der Waals surface area contributed by atoms with Crippen LogP contribution in [-0.2, 0) is 4.57 Å². The van der Waals surface area contributed by atoms with E-state index in [1.165, 1.54) is 0 Å². The Balaban J connectivity index is 2.59. The van der Waals surface area contributed by atoms with E-state index in [4.69, 9.17) is 9.47 Å². The van der Waals surface area contributed by atoms with Crippen molar-refractivity contribution >= 4 is 17.8 Å². The van der Waals surface area contributed by atoms with Gasteiger partial charge in [-0.05, 0) is 24.9 Å². The van der Waals surface area contributed by atoms with Crippen molar-refractivity contribution in [2.75, 3.05) is 20.9 Å². The van der Waals surface area contributed by atoms with Crippen LogP contribution in [-0.4, -0.2) is 20.9 Å². The van der Waals surface area contributed by atoms with Crippen LogP contribution in [0.1, 0.15) is 0 Å². The molecule has 0 aromatic heterocycles. The smallest absolute Gasteiger partial charge is 0.144 e. The number of ether oxygens (including phenoxy) is 2. The highest BCUT2D eigenvalue weighted by Crippen LogP contribution is 2.42. The van der Waals surface area contributed by atoms with Crippen LogP contribution in [0.2, 0.25) is 0 Å². The van der Waals surface area contributed by atoms with Crippen LogP contribution in [0.4, 0.5) is 0 Å². The molecule has 0 amide bonds. The molecule has 0 heterocycles. The van der Waals surface area contributed by atoms with Crippen LogP contribution >= 0.6 is 7.14 Å². The summed E-state index contributed by atoms with van der Waals surface area (Å²) in [5.74, 6) is 1.30. The molecule has 0 aliphatic carbocycles. The monoisotopic (exact) mass is 276 g/mol. The first kappa shape index (κ1) is 13.7. The number of hydrogen-bond acceptors (Lipinski definition) is 3. The zero-order chi connectivity index (χ0) is 13.9. The highest BCUT2D eigenvalue weighted by molar-refractivity contribution is 7.78. The molecule has 0 bridgehead atoms. The largest absolute Gasteiger partial charge is 0.497 e. The summed E-state index contributed by atoms with van der Waals surface area (Å²) in [7, 11) is 0.475. The molecule has 0 saturated carbocycles. The van der Waals surface area contributed by atoms with Gasteiger partial charge in [0.2, 0.25) is 0 Å². The van der Waals surface area contributed by atoms with Gasteiger partial charge in [0, 0.05) is 5.30 Å². The van der Waals surface area contributed by atoms with Crippen LogP contribution in [0.15, 0.2) is 48.5 Å². The van der Waals surface area contributed by atoms with E-state index < -0.39 is 7.14 Å². The van der Waals surface area contributed by atoms with Gasteiger partial charge in [-0.1, -0.05) is 30.3 Å². The number of hydrogen-bond donors (Lipinski definition) is 0. The minimum absolute atomic E-state index is 0.621. The van der Waals surface area contributed by atoms with Gasteiger partial charge < -0.3 is 14.0 Å². The molecule has 0 aliphatic rings. The Hall–Kier alpha value is -1.73. The van der Waals surface area contributed by atoms with E-state index >= 15 is 0 Å². The predicted octanol–water partition coefficient (Wildman–Crippen LogP) is 2.65. The van der Waals surface area contributed by atoms with Gasteiger partial charge in [0.25, 0.3) is 0 Å². The molecule has 3 nitrogen and oxygen atoms in total. The van der Waals surface area contributed by atoms with E-state index in [9.17, 15) is 4.57 Å². The summed E-state index contributed by atoms with van der Waals surface area (Å²) in [6.45, 7) is 1.75. The molecule has 0 fully saturated rings.